The third kappa shape index (κ3) is 6.83. The first-order chi connectivity index (χ1) is 14.4. The molecular weight excluding hydrogens is 376 g/mol. The summed E-state index contributed by atoms with van der Waals surface area (Å²) in [5.41, 5.74) is 3.52. The molecule has 0 spiro atoms. The molecule has 1 aromatic heterocycles. The van der Waals surface area contributed by atoms with E-state index < -0.39 is 6.10 Å². The van der Waals surface area contributed by atoms with Crippen molar-refractivity contribution < 1.29 is 9.84 Å². The van der Waals surface area contributed by atoms with Crippen molar-refractivity contribution in [2.45, 2.75) is 64.3 Å². The molecule has 6 nitrogen and oxygen atoms in total. The monoisotopic (exact) mass is 414 g/mol. The van der Waals surface area contributed by atoms with E-state index >= 15 is 0 Å². The number of aromatic nitrogens is 2. The average molecular weight is 415 g/mol. The van der Waals surface area contributed by atoms with Crippen LogP contribution < -0.4 is 4.74 Å². The molecule has 0 radical (unpaired) electrons. The fourth-order valence-corrected chi connectivity index (χ4v) is 4.44. The molecule has 0 unspecified atom stereocenters. The number of nitrogens with zero attached hydrogens (tertiary/aromatic N) is 4. The molecule has 1 aliphatic rings. The second-order valence-electron chi connectivity index (χ2n) is 8.93. The molecule has 1 atom stereocenters. The van der Waals surface area contributed by atoms with Gasteiger partial charge in [-0.05, 0) is 51.6 Å². The summed E-state index contributed by atoms with van der Waals surface area (Å²) in [6.07, 6.45) is 8.07. The van der Waals surface area contributed by atoms with E-state index in [1.807, 2.05) is 23.9 Å². The normalized spacial score (nSPS) is 16.4. The molecule has 1 saturated carbocycles. The van der Waals surface area contributed by atoms with Gasteiger partial charge in [0.2, 0.25) is 0 Å². The lowest BCUT2D eigenvalue weighted by Gasteiger charge is -2.32. The second-order valence-corrected chi connectivity index (χ2v) is 8.93. The average Bonchev–Trinajstić information content (AvgIpc) is 3.03. The van der Waals surface area contributed by atoms with Crippen molar-refractivity contribution >= 4 is 0 Å². The topological polar surface area (TPSA) is 53.8 Å². The smallest absolute Gasteiger partial charge is 0.119 e. The number of aliphatic hydroxyl groups excluding tert-OH is 1. The third-order valence-corrected chi connectivity index (χ3v) is 6.05. The number of aryl methyl sites for hydroxylation is 2. The lowest BCUT2D eigenvalue weighted by molar-refractivity contribution is 0.0561. The lowest BCUT2D eigenvalue weighted by atomic mass is 9.94. The fraction of sp³-hybridized carbons (Fsp3) is 0.625. The highest BCUT2D eigenvalue weighted by molar-refractivity contribution is 5.28. The van der Waals surface area contributed by atoms with E-state index in [-0.39, 0.29) is 0 Å². The van der Waals surface area contributed by atoms with Gasteiger partial charge in [-0.2, -0.15) is 5.10 Å². The SMILES string of the molecule is Cc1nn(C)cc1CN(C)Cc1cccc(OC[C@H](O)CN(C)C2CCCCC2)c1. The van der Waals surface area contributed by atoms with Gasteiger partial charge in [-0.25, -0.2) is 0 Å². The minimum absolute atomic E-state index is 0.325. The molecule has 1 aromatic carbocycles. The van der Waals surface area contributed by atoms with E-state index in [4.69, 9.17) is 4.74 Å². The summed E-state index contributed by atoms with van der Waals surface area (Å²) in [5, 5.41) is 14.9. The van der Waals surface area contributed by atoms with Gasteiger partial charge in [0, 0.05) is 44.5 Å². The first-order valence-electron chi connectivity index (χ1n) is 11.2. The molecule has 0 bridgehead atoms. The summed E-state index contributed by atoms with van der Waals surface area (Å²) in [4.78, 5) is 4.58. The Bertz CT molecular complexity index is 785. The van der Waals surface area contributed by atoms with Gasteiger partial charge in [0.15, 0.2) is 0 Å². The van der Waals surface area contributed by atoms with Crippen molar-refractivity contribution in [2.75, 3.05) is 27.2 Å². The van der Waals surface area contributed by atoms with Crippen LogP contribution in [-0.4, -0.2) is 64.1 Å². The highest BCUT2D eigenvalue weighted by Gasteiger charge is 2.20. The Labute approximate surface area is 181 Å². The molecule has 6 heteroatoms. The van der Waals surface area contributed by atoms with Crippen molar-refractivity contribution in [3.8, 4) is 5.75 Å². The van der Waals surface area contributed by atoms with Crippen LogP contribution in [0, 0.1) is 6.92 Å². The summed E-state index contributed by atoms with van der Waals surface area (Å²) in [6, 6.07) is 8.79. The van der Waals surface area contributed by atoms with Gasteiger partial charge >= 0.3 is 0 Å². The first-order valence-corrected chi connectivity index (χ1v) is 11.2. The van der Waals surface area contributed by atoms with Crippen LogP contribution in [0.2, 0.25) is 0 Å². The Morgan fingerprint density at radius 3 is 2.67 bits per heavy atom. The van der Waals surface area contributed by atoms with Gasteiger partial charge < -0.3 is 14.7 Å². The van der Waals surface area contributed by atoms with Crippen molar-refractivity contribution in [3.63, 3.8) is 0 Å². The largest absolute Gasteiger partial charge is 0.491 e. The molecule has 1 fully saturated rings. The number of rotatable bonds is 10. The minimum atomic E-state index is -0.475. The number of likely N-dealkylation sites (N-methyl/N-ethyl adjacent to an activating group) is 1. The van der Waals surface area contributed by atoms with Gasteiger partial charge in [0.1, 0.15) is 18.5 Å². The van der Waals surface area contributed by atoms with Crippen LogP contribution in [0.3, 0.4) is 0 Å². The lowest BCUT2D eigenvalue weighted by Crippen LogP contribution is -2.40. The molecule has 1 heterocycles. The molecule has 2 aromatic rings. The standard InChI is InChI=1S/C24H38N4O2/c1-19-21(16-28(4)25-19)15-26(2)14-20-9-8-12-24(13-20)30-18-23(29)17-27(3)22-10-6-5-7-11-22/h8-9,12-13,16,22-23,29H,5-7,10-11,14-15,17-18H2,1-4H3/t23-/m1/s1. The molecule has 166 valence electrons. The Morgan fingerprint density at radius 2 is 1.97 bits per heavy atom. The fourth-order valence-electron chi connectivity index (χ4n) is 4.44. The van der Waals surface area contributed by atoms with Crippen LogP contribution in [0.15, 0.2) is 30.5 Å². The van der Waals surface area contributed by atoms with Crippen molar-refractivity contribution in [1.29, 1.82) is 0 Å². The summed E-state index contributed by atoms with van der Waals surface area (Å²) in [5.74, 6) is 0.817. The highest BCUT2D eigenvalue weighted by atomic mass is 16.5. The number of ether oxygens (including phenoxy) is 1. The Balaban J connectivity index is 1.45. The van der Waals surface area contributed by atoms with Crippen molar-refractivity contribution in [1.82, 2.24) is 19.6 Å². The van der Waals surface area contributed by atoms with Crippen LogP contribution in [0.1, 0.15) is 48.9 Å². The Hall–Kier alpha value is -1.89. The van der Waals surface area contributed by atoms with Crippen LogP contribution in [-0.2, 0) is 20.1 Å². The molecule has 1 N–H and O–H groups in total. The van der Waals surface area contributed by atoms with Crippen LogP contribution in [0.5, 0.6) is 5.75 Å². The highest BCUT2D eigenvalue weighted by Crippen LogP contribution is 2.22. The number of benzene rings is 1. The van der Waals surface area contributed by atoms with E-state index in [0.717, 1.165) is 24.5 Å². The molecule has 0 saturated heterocycles. The number of hydrogen-bond donors (Lipinski definition) is 1. The summed E-state index contributed by atoms with van der Waals surface area (Å²) in [6.45, 7) is 4.73. The molecule has 0 amide bonds. The van der Waals surface area contributed by atoms with Gasteiger partial charge in [0.25, 0.3) is 0 Å². The predicted octanol–water partition coefficient (Wildman–Crippen LogP) is 3.36. The van der Waals surface area contributed by atoms with E-state index in [2.05, 4.69) is 54.2 Å². The van der Waals surface area contributed by atoms with Gasteiger partial charge in [-0.1, -0.05) is 31.4 Å². The Morgan fingerprint density at radius 1 is 1.20 bits per heavy atom. The molecular formula is C24H38N4O2. The maximum Gasteiger partial charge on any atom is 0.119 e. The maximum atomic E-state index is 10.4. The van der Waals surface area contributed by atoms with E-state index in [9.17, 15) is 5.11 Å². The maximum absolute atomic E-state index is 10.4. The second kappa shape index (κ2) is 10.9. The number of aliphatic hydroxyl groups is 1. The molecule has 0 aliphatic heterocycles. The van der Waals surface area contributed by atoms with Gasteiger partial charge in [0.05, 0.1) is 5.69 Å². The predicted molar refractivity (Wildman–Crippen MR) is 121 cm³/mol. The zero-order chi connectivity index (χ0) is 21.5. The summed E-state index contributed by atoms with van der Waals surface area (Å²) >= 11 is 0. The van der Waals surface area contributed by atoms with Crippen molar-refractivity contribution in [3.05, 3.63) is 47.3 Å². The van der Waals surface area contributed by atoms with E-state index in [1.165, 1.54) is 43.2 Å². The number of hydrogen-bond acceptors (Lipinski definition) is 5. The summed E-state index contributed by atoms with van der Waals surface area (Å²) in [7, 11) is 6.20. The Kier molecular flexibility index (Phi) is 8.31. The molecule has 30 heavy (non-hydrogen) atoms. The van der Waals surface area contributed by atoms with E-state index in [0.29, 0.717) is 19.2 Å². The zero-order valence-corrected chi connectivity index (χ0v) is 19.0. The quantitative estimate of drug-likeness (QED) is 0.646. The van der Waals surface area contributed by atoms with Crippen molar-refractivity contribution in [2.24, 2.45) is 7.05 Å². The van der Waals surface area contributed by atoms with Gasteiger partial charge in [-0.15, -0.1) is 0 Å². The van der Waals surface area contributed by atoms with E-state index in [1.54, 1.807) is 0 Å². The zero-order valence-electron chi connectivity index (χ0n) is 19.0. The third-order valence-electron chi connectivity index (χ3n) is 6.05. The van der Waals surface area contributed by atoms with Crippen LogP contribution in [0.4, 0.5) is 0 Å². The molecule has 3 rings (SSSR count). The van der Waals surface area contributed by atoms with Crippen LogP contribution in [0.25, 0.3) is 0 Å². The van der Waals surface area contributed by atoms with Gasteiger partial charge in [-0.3, -0.25) is 9.58 Å². The molecule has 1 aliphatic carbocycles. The minimum Gasteiger partial charge on any atom is -0.491 e. The first kappa shape index (κ1) is 22.8. The van der Waals surface area contributed by atoms with Crippen LogP contribution >= 0.6 is 0 Å². The summed E-state index contributed by atoms with van der Waals surface area (Å²) < 4.78 is 7.78.